The van der Waals surface area contributed by atoms with E-state index in [1.807, 2.05) is 25.4 Å². The van der Waals surface area contributed by atoms with Crippen molar-refractivity contribution in [2.75, 3.05) is 7.05 Å². The van der Waals surface area contributed by atoms with E-state index in [1.54, 1.807) is 0 Å². The highest BCUT2D eigenvalue weighted by Crippen LogP contribution is 2.28. The van der Waals surface area contributed by atoms with Crippen LogP contribution in [0.15, 0.2) is 34.9 Å². The van der Waals surface area contributed by atoms with Gasteiger partial charge in [0.1, 0.15) is 0 Å². The zero-order valence-corrected chi connectivity index (χ0v) is 13.2. The Balaban J connectivity index is 2.02. The van der Waals surface area contributed by atoms with Crippen molar-refractivity contribution in [1.29, 1.82) is 0 Å². The van der Waals surface area contributed by atoms with Crippen LogP contribution in [0.2, 0.25) is 0 Å². The van der Waals surface area contributed by atoms with Gasteiger partial charge in [0.05, 0.1) is 0 Å². The fraction of sp³-hybridized carbons (Fsp3) is 0.375. The fourth-order valence-corrected chi connectivity index (χ4v) is 3.18. The summed E-state index contributed by atoms with van der Waals surface area (Å²) in [7, 11) is 2.02. The average Bonchev–Trinajstić information content (AvgIpc) is 2.68. The predicted molar refractivity (Wildman–Crippen MR) is 84.5 cm³/mol. The van der Waals surface area contributed by atoms with E-state index in [1.165, 1.54) is 30.5 Å². The van der Waals surface area contributed by atoms with Gasteiger partial charge in [-0.3, -0.25) is 0 Å². The molecule has 1 atom stereocenters. The molecule has 2 aromatic rings. The van der Waals surface area contributed by atoms with Crippen LogP contribution in [0.1, 0.15) is 36.6 Å². The first kappa shape index (κ1) is 13.7. The lowest BCUT2D eigenvalue weighted by Crippen LogP contribution is -2.17. The van der Waals surface area contributed by atoms with Gasteiger partial charge in [-0.05, 0) is 38.4 Å². The minimum Gasteiger partial charge on any atom is -0.313 e. The van der Waals surface area contributed by atoms with Crippen molar-refractivity contribution in [3.63, 3.8) is 0 Å². The third-order valence-electron chi connectivity index (χ3n) is 3.86. The Morgan fingerprint density at radius 1 is 1.30 bits per heavy atom. The van der Waals surface area contributed by atoms with Crippen LogP contribution in [-0.4, -0.2) is 17.0 Å². The number of aromatic nitrogens is 2. The van der Waals surface area contributed by atoms with Crippen molar-refractivity contribution in [3.05, 3.63) is 46.2 Å². The standard InChI is InChI=1S/C16H18BrN3/c1-18-14-7-2-3-8-15-13(14)10-19-16(20-15)11-5-4-6-12(17)9-11/h4-6,9-10,14,18H,2-3,7-8H2,1H3. The highest BCUT2D eigenvalue weighted by Gasteiger charge is 2.19. The Morgan fingerprint density at radius 3 is 3.00 bits per heavy atom. The lowest BCUT2D eigenvalue weighted by molar-refractivity contribution is 0.532. The van der Waals surface area contributed by atoms with Crippen LogP contribution in [0.3, 0.4) is 0 Å². The molecule has 0 saturated carbocycles. The first-order valence-electron chi connectivity index (χ1n) is 7.07. The normalized spacial score (nSPS) is 18.4. The monoisotopic (exact) mass is 331 g/mol. The van der Waals surface area contributed by atoms with Gasteiger partial charge in [-0.25, -0.2) is 9.97 Å². The van der Waals surface area contributed by atoms with Gasteiger partial charge >= 0.3 is 0 Å². The van der Waals surface area contributed by atoms with E-state index in [4.69, 9.17) is 4.98 Å². The molecule has 0 saturated heterocycles. The molecule has 1 N–H and O–H groups in total. The molecule has 1 aromatic heterocycles. The number of aryl methyl sites for hydroxylation is 1. The third-order valence-corrected chi connectivity index (χ3v) is 4.36. The van der Waals surface area contributed by atoms with Gasteiger partial charge in [0.2, 0.25) is 0 Å². The number of hydrogen-bond acceptors (Lipinski definition) is 3. The van der Waals surface area contributed by atoms with E-state index in [0.717, 1.165) is 22.3 Å². The molecule has 1 heterocycles. The molecule has 4 heteroatoms. The van der Waals surface area contributed by atoms with Gasteiger partial charge in [-0.15, -0.1) is 0 Å². The second-order valence-corrected chi connectivity index (χ2v) is 6.11. The largest absolute Gasteiger partial charge is 0.313 e. The van der Waals surface area contributed by atoms with Crippen molar-refractivity contribution >= 4 is 15.9 Å². The number of rotatable bonds is 2. The number of benzene rings is 1. The predicted octanol–water partition coefficient (Wildman–Crippen LogP) is 3.89. The van der Waals surface area contributed by atoms with Crippen molar-refractivity contribution in [2.24, 2.45) is 0 Å². The second kappa shape index (κ2) is 6.02. The molecular formula is C16H18BrN3. The molecule has 0 aliphatic heterocycles. The molecule has 0 bridgehead atoms. The summed E-state index contributed by atoms with van der Waals surface area (Å²) in [5.41, 5.74) is 3.53. The number of hydrogen-bond donors (Lipinski definition) is 1. The maximum Gasteiger partial charge on any atom is 0.159 e. The van der Waals surface area contributed by atoms with Crippen molar-refractivity contribution in [3.8, 4) is 11.4 Å². The summed E-state index contributed by atoms with van der Waals surface area (Å²) in [6, 6.07) is 8.55. The van der Waals surface area contributed by atoms with Crippen LogP contribution in [0.25, 0.3) is 11.4 Å². The van der Waals surface area contributed by atoms with E-state index < -0.39 is 0 Å². The Labute approximate surface area is 128 Å². The minimum atomic E-state index is 0.393. The summed E-state index contributed by atoms with van der Waals surface area (Å²) >= 11 is 3.50. The van der Waals surface area contributed by atoms with Gasteiger partial charge in [0, 0.05) is 33.5 Å². The average molecular weight is 332 g/mol. The molecule has 3 nitrogen and oxygen atoms in total. The van der Waals surface area contributed by atoms with Crippen LogP contribution in [0.4, 0.5) is 0 Å². The molecule has 0 radical (unpaired) electrons. The summed E-state index contributed by atoms with van der Waals surface area (Å²) in [6.07, 6.45) is 6.68. The molecular weight excluding hydrogens is 314 g/mol. The van der Waals surface area contributed by atoms with E-state index in [2.05, 4.69) is 38.4 Å². The molecule has 1 aliphatic carbocycles. The van der Waals surface area contributed by atoms with Crippen LogP contribution in [0, 0.1) is 0 Å². The van der Waals surface area contributed by atoms with E-state index in [0.29, 0.717) is 6.04 Å². The number of fused-ring (bicyclic) bond motifs is 1. The second-order valence-electron chi connectivity index (χ2n) is 5.19. The summed E-state index contributed by atoms with van der Waals surface area (Å²) in [5, 5.41) is 3.38. The molecule has 0 fully saturated rings. The van der Waals surface area contributed by atoms with Crippen LogP contribution >= 0.6 is 15.9 Å². The Kier molecular flexibility index (Phi) is 4.13. The molecule has 1 unspecified atom stereocenters. The zero-order valence-electron chi connectivity index (χ0n) is 11.6. The van der Waals surface area contributed by atoms with E-state index in [-0.39, 0.29) is 0 Å². The number of nitrogens with one attached hydrogen (secondary N) is 1. The number of nitrogens with zero attached hydrogens (tertiary/aromatic N) is 2. The van der Waals surface area contributed by atoms with E-state index >= 15 is 0 Å². The highest BCUT2D eigenvalue weighted by atomic mass is 79.9. The maximum absolute atomic E-state index is 4.81. The van der Waals surface area contributed by atoms with Gasteiger partial charge in [0.15, 0.2) is 5.82 Å². The van der Waals surface area contributed by atoms with Crippen LogP contribution in [-0.2, 0) is 6.42 Å². The quantitative estimate of drug-likeness (QED) is 0.848. The molecule has 0 spiro atoms. The molecule has 0 amide bonds. The van der Waals surface area contributed by atoms with Gasteiger partial charge in [0.25, 0.3) is 0 Å². The Hall–Kier alpha value is -1.26. The maximum atomic E-state index is 4.81. The van der Waals surface area contributed by atoms with Crippen LogP contribution in [0.5, 0.6) is 0 Å². The van der Waals surface area contributed by atoms with Gasteiger partial charge in [-0.2, -0.15) is 0 Å². The summed E-state index contributed by atoms with van der Waals surface area (Å²) < 4.78 is 1.06. The molecule has 3 rings (SSSR count). The smallest absolute Gasteiger partial charge is 0.159 e. The molecule has 104 valence electrons. The first-order chi connectivity index (χ1) is 9.78. The van der Waals surface area contributed by atoms with Crippen molar-refractivity contribution in [1.82, 2.24) is 15.3 Å². The molecule has 1 aromatic carbocycles. The summed E-state index contributed by atoms with van der Waals surface area (Å²) in [4.78, 5) is 9.38. The third kappa shape index (κ3) is 2.76. The van der Waals surface area contributed by atoms with E-state index in [9.17, 15) is 0 Å². The number of halogens is 1. The SMILES string of the molecule is CNC1CCCCc2nc(-c3cccc(Br)c3)ncc21. The first-order valence-corrected chi connectivity index (χ1v) is 7.86. The van der Waals surface area contributed by atoms with Crippen molar-refractivity contribution < 1.29 is 0 Å². The Morgan fingerprint density at radius 2 is 2.20 bits per heavy atom. The minimum absolute atomic E-state index is 0.393. The fourth-order valence-electron chi connectivity index (χ4n) is 2.78. The lowest BCUT2D eigenvalue weighted by atomic mass is 10.1. The molecule has 20 heavy (non-hydrogen) atoms. The van der Waals surface area contributed by atoms with Crippen LogP contribution < -0.4 is 5.32 Å². The zero-order chi connectivity index (χ0) is 13.9. The Bertz CT molecular complexity index is 612. The summed E-state index contributed by atoms with van der Waals surface area (Å²) in [6.45, 7) is 0. The molecule has 1 aliphatic rings. The lowest BCUT2D eigenvalue weighted by Gasteiger charge is -2.16. The summed E-state index contributed by atoms with van der Waals surface area (Å²) in [5.74, 6) is 0.821. The van der Waals surface area contributed by atoms with Gasteiger partial charge < -0.3 is 5.32 Å². The van der Waals surface area contributed by atoms with Gasteiger partial charge in [-0.1, -0.05) is 34.5 Å². The van der Waals surface area contributed by atoms with Crippen molar-refractivity contribution in [2.45, 2.75) is 31.7 Å². The topological polar surface area (TPSA) is 37.8 Å². The highest BCUT2D eigenvalue weighted by molar-refractivity contribution is 9.10.